The number of aromatic amines is 1. The first-order valence-corrected chi connectivity index (χ1v) is 8.96. The van der Waals surface area contributed by atoms with Crippen LogP contribution in [0.15, 0.2) is 53.6 Å². The fraction of sp³-hybridized carbons (Fsp3) is 0.211. The molecule has 24 heavy (non-hydrogen) atoms. The smallest absolute Gasteiger partial charge is 0.224 e. The number of rotatable bonds is 3. The SMILES string of the molecule is O=C(Cc1c[nH]c2ccccc12)NC1CCSc2ccc(F)cc21. The number of H-pyrrole nitrogens is 1. The molecule has 3 aromatic rings. The van der Waals surface area contributed by atoms with Crippen molar-refractivity contribution < 1.29 is 9.18 Å². The summed E-state index contributed by atoms with van der Waals surface area (Å²) >= 11 is 1.71. The molecule has 0 saturated carbocycles. The number of aromatic nitrogens is 1. The van der Waals surface area contributed by atoms with Crippen LogP contribution in [-0.4, -0.2) is 16.6 Å². The summed E-state index contributed by atoms with van der Waals surface area (Å²) in [5, 5.41) is 4.14. The van der Waals surface area contributed by atoms with Crippen LogP contribution in [0.1, 0.15) is 23.6 Å². The molecule has 0 radical (unpaired) electrons. The Labute approximate surface area is 143 Å². The maximum Gasteiger partial charge on any atom is 0.224 e. The summed E-state index contributed by atoms with van der Waals surface area (Å²) in [4.78, 5) is 16.7. The Balaban J connectivity index is 1.52. The van der Waals surface area contributed by atoms with Crippen molar-refractivity contribution in [3.05, 3.63) is 65.6 Å². The van der Waals surface area contributed by atoms with Gasteiger partial charge in [0.2, 0.25) is 5.91 Å². The molecule has 5 heteroatoms. The fourth-order valence-corrected chi connectivity index (χ4v) is 4.32. The van der Waals surface area contributed by atoms with Crippen LogP contribution in [0.25, 0.3) is 10.9 Å². The number of hydrogen-bond acceptors (Lipinski definition) is 2. The second-order valence-corrected chi connectivity index (χ2v) is 7.11. The molecule has 1 aliphatic heterocycles. The number of carbonyl (C=O) groups is 1. The van der Waals surface area contributed by atoms with Crippen LogP contribution in [0, 0.1) is 5.82 Å². The van der Waals surface area contributed by atoms with Crippen molar-refractivity contribution in [3.63, 3.8) is 0 Å². The molecule has 0 fully saturated rings. The van der Waals surface area contributed by atoms with Gasteiger partial charge >= 0.3 is 0 Å². The average Bonchev–Trinajstić information content (AvgIpc) is 2.98. The molecule has 0 spiro atoms. The van der Waals surface area contributed by atoms with E-state index in [0.29, 0.717) is 6.42 Å². The zero-order valence-corrected chi connectivity index (χ0v) is 13.8. The monoisotopic (exact) mass is 340 g/mol. The summed E-state index contributed by atoms with van der Waals surface area (Å²) in [7, 11) is 0. The molecule has 0 bridgehead atoms. The third kappa shape index (κ3) is 2.91. The summed E-state index contributed by atoms with van der Waals surface area (Å²) in [6.07, 6.45) is 3.02. The first-order chi connectivity index (χ1) is 11.7. The molecular formula is C19H17FN2OS. The van der Waals surface area contributed by atoms with Crippen LogP contribution in [0.3, 0.4) is 0 Å². The van der Waals surface area contributed by atoms with E-state index in [-0.39, 0.29) is 17.8 Å². The predicted octanol–water partition coefficient (Wildman–Crippen LogP) is 4.20. The highest BCUT2D eigenvalue weighted by molar-refractivity contribution is 7.99. The number of halogens is 1. The Morgan fingerprint density at radius 2 is 2.17 bits per heavy atom. The van der Waals surface area contributed by atoms with Gasteiger partial charge in [-0.3, -0.25) is 4.79 Å². The number of fused-ring (bicyclic) bond motifs is 2. The maximum absolute atomic E-state index is 13.6. The first kappa shape index (κ1) is 15.3. The van der Waals surface area contributed by atoms with Gasteiger partial charge in [-0.25, -0.2) is 4.39 Å². The lowest BCUT2D eigenvalue weighted by Crippen LogP contribution is -2.31. The highest BCUT2D eigenvalue weighted by Gasteiger charge is 2.23. The van der Waals surface area contributed by atoms with Crippen molar-refractivity contribution in [3.8, 4) is 0 Å². The van der Waals surface area contributed by atoms with Crippen molar-refractivity contribution in [2.75, 3.05) is 5.75 Å². The van der Waals surface area contributed by atoms with E-state index < -0.39 is 0 Å². The van der Waals surface area contributed by atoms with Crippen LogP contribution in [0.5, 0.6) is 0 Å². The zero-order valence-electron chi connectivity index (χ0n) is 13.0. The number of carbonyl (C=O) groups excluding carboxylic acids is 1. The second kappa shape index (κ2) is 6.32. The van der Waals surface area contributed by atoms with Crippen LogP contribution in [0.4, 0.5) is 4.39 Å². The third-order valence-electron chi connectivity index (χ3n) is 4.37. The molecule has 2 heterocycles. The van der Waals surface area contributed by atoms with Crippen molar-refractivity contribution in [2.45, 2.75) is 23.8 Å². The molecule has 2 aromatic carbocycles. The van der Waals surface area contributed by atoms with Gasteiger partial charge < -0.3 is 10.3 Å². The van der Waals surface area contributed by atoms with Crippen molar-refractivity contribution in [2.24, 2.45) is 0 Å². The van der Waals surface area contributed by atoms with Gasteiger partial charge in [0.25, 0.3) is 0 Å². The molecule has 0 saturated heterocycles. The summed E-state index contributed by atoms with van der Waals surface area (Å²) in [6.45, 7) is 0. The second-order valence-electron chi connectivity index (χ2n) is 5.98. The Kier molecular flexibility index (Phi) is 4.02. The zero-order chi connectivity index (χ0) is 16.5. The van der Waals surface area contributed by atoms with E-state index in [2.05, 4.69) is 10.3 Å². The Morgan fingerprint density at radius 3 is 3.08 bits per heavy atom. The molecular weight excluding hydrogens is 323 g/mol. The van der Waals surface area contributed by atoms with Gasteiger partial charge in [-0.2, -0.15) is 0 Å². The quantitative estimate of drug-likeness (QED) is 0.750. The lowest BCUT2D eigenvalue weighted by atomic mass is 10.0. The molecule has 0 aliphatic carbocycles. The molecule has 1 unspecified atom stereocenters. The summed E-state index contributed by atoms with van der Waals surface area (Å²) in [5.74, 6) is 0.635. The van der Waals surface area contributed by atoms with E-state index in [9.17, 15) is 9.18 Å². The third-order valence-corrected chi connectivity index (χ3v) is 5.50. The van der Waals surface area contributed by atoms with Crippen molar-refractivity contribution in [1.82, 2.24) is 10.3 Å². The number of thioether (sulfide) groups is 1. The largest absolute Gasteiger partial charge is 0.361 e. The van der Waals surface area contributed by atoms with Gasteiger partial charge in [0.1, 0.15) is 5.82 Å². The van der Waals surface area contributed by atoms with Gasteiger partial charge in [-0.05, 0) is 41.8 Å². The Hall–Kier alpha value is -2.27. The molecule has 1 atom stereocenters. The molecule has 4 rings (SSSR count). The van der Waals surface area contributed by atoms with E-state index in [1.165, 1.54) is 12.1 Å². The van der Waals surface area contributed by atoms with Crippen molar-refractivity contribution >= 4 is 28.6 Å². The van der Waals surface area contributed by atoms with E-state index in [1.807, 2.05) is 30.5 Å². The standard InChI is InChI=1S/C19H17FN2OS/c20-13-5-6-18-15(10-13)17(7-8-24-18)22-19(23)9-12-11-21-16-4-2-1-3-14(12)16/h1-6,10-11,17,21H,7-9H2,(H,22,23). The molecule has 1 aromatic heterocycles. The number of hydrogen-bond donors (Lipinski definition) is 2. The highest BCUT2D eigenvalue weighted by Crippen LogP contribution is 2.36. The minimum atomic E-state index is -0.257. The minimum absolute atomic E-state index is 0.0353. The average molecular weight is 340 g/mol. The first-order valence-electron chi connectivity index (χ1n) is 7.97. The van der Waals surface area contributed by atoms with Crippen molar-refractivity contribution in [1.29, 1.82) is 0 Å². The molecule has 2 N–H and O–H groups in total. The molecule has 3 nitrogen and oxygen atoms in total. The van der Waals surface area contributed by atoms with Crippen LogP contribution in [-0.2, 0) is 11.2 Å². The maximum atomic E-state index is 13.6. The van der Waals surface area contributed by atoms with Gasteiger partial charge in [0.05, 0.1) is 12.5 Å². The molecule has 1 amide bonds. The minimum Gasteiger partial charge on any atom is -0.361 e. The number of para-hydroxylation sites is 1. The lowest BCUT2D eigenvalue weighted by molar-refractivity contribution is -0.121. The number of nitrogens with one attached hydrogen (secondary N) is 2. The topological polar surface area (TPSA) is 44.9 Å². The van der Waals surface area contributed by atoms with Gasteiger partial charge in [-0.15, -0.1) is 11.8 Å². The predicted molar refractivity (Wildman–Crippen MR) is 94.6 cm³/mol. The summed E-state index contributed by atoms with van der Waals surface area (Å²) in [6, 6.07) is 12.6. The summed E-state index contributed by atoms with van der Waals surface area (Å²) < 4.78 is 13.6. The highest BCUT2D eigenvalue weighted by atomic mass is 32.2. The van der Waals surface area contributed by atoms with Gasteiger partial charge in [0.15, 0.2) is 0 Å². The van der Waals surface area contributed by atoms with Gasteiger partial charge in [-0.1, -0.05) is 18.2 Å². The Bertz CT molecular complexity index is 905. The van der Waals surface area contributed by atoms with E-state index in [0.717, 1.165) is 39.1 Å². The van der Waals surface area contributed by atoms with E-state index >= 15 is 0 Å². The number of amides is 1. The fourth-order valence-electron chi connectivity index (χ4n) is 3.21. The number of benzene rings is 2. The van der Waals surface area contributed by atoms with E-state index in [4.69, 9.17) is 0 Å². The summed E-state index contributed by atoms with van der Waals surface area (Å²) in [5.41, 5.74) is 2.90. The lowest BCUT2D eigenvalue weighted by Gasteiger charge is -2.26. The molecule has 122 valence electrons. The van der Waals surface area contributed by atoms with E-state index in [1.54, 1.807) is 17.8 Å². The van der Waals surface area contributed by atoms with Gasteiger partial charge in [0, 0.05) is 27.7 Å². The normalized spacial score (nSPS) is 16.8. The molecule has 1 aliphatic rings. The van der Waals surface area contributed by atoms with Crippen LogP contribution < -0.4 is 5.32 Å². The van der Waals surface area contributed by atoms with Crippen LogP contribution in [0.2, 0.25) is 0 Å². The van der Waals surface area contributed by atoms with Crippen LogP contribution >= 0.6 is 11.8 Å². The Morgan fingerprint density at radius 1 is 1.29 bits per heavy atom.